The van der Waals surface area contributed by atoms with Crippen molar-refractivity contribution in [2.75, 3.05) is 6.61 Å². The zero-order valence-corrected chi connectivity index (χ0v) is 6.51. The van der Waals surface area contributed by atoms with Crippen LogP contribution in [-0.2, 0) is 9.93 Å². The third-order valence-corrected chi connectivity index (χ3v) is 1.38. The molecule has 0 aromatic heterocycles. The highest BCUT2D eigenvalue weighted by Gasteiger charge is 1.88. The SMILES string of the molecule is CCCCCCCOOO. The van der Waals surface area contributed by atoms with Gasteiger partial charge in [0.25, 0.3) is 0 Å². The van der Waals surface area contributed by atoms with Crippen molar-refractivity contribution in [2.45, 2.75) is 39.0 Å². The Labute approximate surface area is 61.8 Å². The van der Waals surface area contributed by atoms with Crippen molar-refractivity contribution < 1.29 is 15.2 Å². The second-order valence-electron chi connectivity index (χ2n) is 2.31. The minimum absolute atomic E-state index is 0.486. The van der Waals surface area contributed by atoms with Gasteiger partial charge < -0.3 is 0 Å². The van der Waals surface area contributed by atoms with Gasteiger partial charge in [-0.2, -0.15) is 0 Å². The molecule has 0 aliphatic carbocycles. The lowest BCUT2D eigenvalue weighted by atomic mass is 10.2. The molecule has 0 atom stereocenters. The Hall–Kier alpha value is -0.120. The van der Waals surface area contributed by atoms with Crippen LogP contribution in [0.15, 0.2) is 0 Å². The van der Waals surface area contributed by atoms with Crippen molar-refractivity contribution in [1.82, 2.24) is 0 Å². The van der Waals surface area contributed by atoms with Gasteiger partial charge in [-0.25, -0.2) is 10.1 Å². The van der Waals surface area contributed by atoms with Crippen molar-refractivity contribution in [1.29, 1.82) is 0 Å². The fourth-order valence-corrected chi connectivity index (χ4v) is 0.802. The first kappa shape index (κ1) is 9.88. The highest BCUT2D eigenvalue weighted by atomic mass is 17.5. The summed E-state index contributed by atoms with van der Waals surface area (Å²) in [7, 11) is 0. The Morgan fingerprint density at radius 3 is 2.40 bits per heavy atom. The minimum atomic E-state index is 0.486. The molecule has 0 heterocycles. The molecule has 0 aliphatic heterocycles. The van der Waals surface area contributed by atoms with Crippen LogP contribution in [0.4, 0.5) is 0 Å². The number of hydrogen-bond donors (Lipinski definition) is 1. The average molecular weight is 148 g/mol. The molecule has 0 rings (SSSR count). The summed E-state index contributed by atoms with van der Waals surface area (Å²) in [4.78, 5) is 4.27. The van der Waals surface area contributed by atoms with Gasteiger partial charge in [-0.15, -0.1) is 0 Å². The van der Waals surface area contributed by atoms with Crippen LogP contribution in [0.2, 0.25) is 0 Å². The van der Waals surface area contributed by atoms with Crippen molar-refractivity contribution in [3.63, 3.8) is 0 Å². The monoisotopic (exact) mass is 148 g/mol. The van der Waals surface area contributed by atoms with Crippen LogP contribution in [-0.4, -0.2) is 11.9 Å². The van der Waals surface area contributed by atoms with Crippen LogP contribution in [0.1, 0.15) is 39.0 Å². The van der Waals surface area contributed by atoms with Gasteiger partial charge in [0.2, 0.25) is 0 Å². The van der Waals surface area contributed by atoms with Gasteiger partial charge in [-0.1, -0.05) is 37.6 Å². The van der Waals surface area contributed by atoms with E-state index in [0.29, 0.717) is 6.61 Å². The van der Waals surface area contributed by atoms with Crippen LogP contribution in [0, 0.1) is 0 Å². The Kier molecular flexibility index (Phi) is 8.77. The Morgan fingerprint density at radius 2 is 1.80 bits per heavy atom. The molecule has 0 saturated heterocycles. The molecular weight excluding hydrogens is 132 g/mol. The van der Waals surface area contributed by atoms with Crippen molar-refractivity contribution in [2.24, 2.45) is 0 Å². The summed E-state index contributed by atoms with van der Waals surface area (Å²) in [5.41, 5.74) is 0. The van der Waals surface area contributed by atoms with Gasteiger partial charge in [0.05, 0.1) is 6.61 Å². The lowest BCUT2D eigenvalue weighted by Crippen LogP contribution is -1.92. The summed E-state index contributed by atoms with van der Waals surface area (Å²) >= 11 is 0. The molecule has 3 nitrogen and oxygen atoms in total. The number of unbranched alkanes of at least 4 members (excludes halogenated alkanes) is 4. The van der Waals surface area contributed by atoms with Gasteiger partial charge >= 0.3 is 0 Å². The number of rotatable bonds is 7. The fraction of sp³-hybridized carbons (Fsp3) is 1.00. The zero-order valence-electron chi connectivity index (χ0n) is 6.51. The predicted molar refractivity (Wildman–Crippen MR) is 38.4 cm³/mol. The summed E-state index contributed by atoms with van der Waals surface area (Å²) < 4.78 is 0. The van der Waals surface area contributed by atoms with E-state index in [1.807, 2.05) is 0 Å². The van der Waals surface area contributed by atoms with E-state index in [1.165, 1.54) is 19.3 Å². The highest BCUT2D eigenvalue weighted by molar-refractivity contribution is 4.39. The van der Waals surface area contributed by atoms with Crippen LogP contribution in [0.5, 0.6) is 0 Å². The van der Waals surface area contributed by atoms with E-state index in [-0.39, 0.29) is 0 Å². The Balaban J connectivity index is 2.65. The zero-order chi connectivity index (χ0) is 7.66. The van der Waals surface area contributed by atoms with Gasteiger partial charge in [0, 0.05) is 0 Å². The second kappa shape index (κ2) is 8.88. The quantitative estimate of drug-likeness (QED) is 0.342. The van der Waals surface area contributed by atoms with Gasteiger partial charge in [-0.05, 0) is 6.42 Å². The van der Waals surface area contributed by atoms with E-state index in [9.17, 15) is 0 Å². The first-order chi connectivity index (χ1) is 4.91. The van der Waals surface area contributed by atoms with E-state index in [0.717, 1.165) is 12.8 Å². The molecule has 0 fully saturated rings. The molecule has 10 heavy (non-hydrogen) atoms. The second-order valence-corrected chi connectivity index (χ2v) is 2.31. The first-order valence-electron chi connectivity index (χ1n) is 3.85. The maximum absolute atomic E-state index is 7.75. The molecule has 0 radical (unpaired) electrons. The number of hydrogen-bond acceptors (Lipinski definition) is 3. The maximum Gasteiger partial charge on any atom is 0.0853 e. The molecule has 0 spiro atoms. The van der Waals surface area contributed by atoms with Crippen LogP contribution in [0.3, 0.4) is 0 Å². The topological polar surface area (TPSA) is 38.7 Å². The van der Waals surface area contributed by atoms with Crippen molar-refractivity contribution in [3.05, 3.63) is 0 Å². The fourth-order valence-electron chi connectivity index (χ4n) is 0.802. The van der Waals surface area contributed by atoms with E-state index in [1.54, 1.807) is 0 Å². The molecule has 0 unspecified atom stereocenters. The summed E-state index contributed by atoms with van der Waals surface area (Å²) in [6.07, 6.45) is 5.88. The summed E-state index contributed by atoms with van der Waals surface area (Å²) in [5.74, 6) is 0. The smallest absolute Gasteiger partial charge is 0.0853 e. The van der Waals surface area contributed by atoms with Crippen molar-refractivity contribution >= 4 is 0 Å². The summed E-state index contributed by atoms with van der Waals surface area (Å²) in [5, 5.41) is 11.2. The average Bonchev–Trinajstić information content (AvgIpc) is 1.97. The molecule has 0 aromatic carbocycles. The van der Waals surface area contributed by atoms with Crippen LogP contribution < -0.4 is 0 Å². The molecule has 0 aliphatic rings. The molecule has 62 valence electrons. The van der Waals surface area contributed by atoms with E-state index in [2.05, 4.69) is 16.8 Å². The minimum Gasteiger partial charge on any atom is -0.221 e. The van der Waals surface area contributed by atoms with Gasteiger partial charge in [0.15, 0.2) is 0 Å². The molecule has 3 heteroatoms. The standard InChI is InChI=1S/C7H16O3/c1-2-3-4-5-6-7-9-10-8/h8H,2-7H2,1H3. The van der Waals surface area contributed by atoms with Crippen LogP contribution >= 0.6 is 0 Å². The van der Waals surface area contributed by atoms with Gasteiger partial charge in [0.1, 0.15) is 0 Å². The summed E-state index contributed by atoms with van der Waals surface area (Å²) in [6, 6.07) is 0. The van der Waals surface area contributed by atoms with E-state index < -0.39 is 0 Å². The predicted octanol–water partition coefficient (Wildman–Crippen LogP) is 2.38. The van der Waals surface area contributed by atoms with E-state index >= 15 is 0 Å². The normalized spacial score (nSPS) is 10.2. The van der Waals surface area contributed by atoms with Gasteiger partial charge in [-0.3, -0.25) is 0 Å². The molecule has 0 aromatic rings. The Morgan fingerprint density at radius 1 is 1.10 bits per heavy atom. The Bertz CT molecular complexity index is 48.8. The molecule has 1 N–H and O–H groups in total. The third-order valence-electron chi connectivity index (χ3n) is 1.38. The maximum atomic E-state index is 7.75. The first-order valence-corrected chi connectivity index (χ1v) is 3.85. The van der Waals surface area contributed by atoms with Crippen LogP contribution in [0.25, 0.3) is 0 Å². The highest BCUT2D eigenvalue weighted by Crippen LogP contribution is 2.01. The lowest BCUT2D eigenvalue weighted by Gasteiger charge is -1.97. The molecule has 0 amide bonds. The lowest BCUT2D eigenvalue weighted by molar-refractivity contribution is -0.490. The third kappa shape index (κ3) is 7.88. The molecule has 0 bridgehead atoms. The molecule has 0 saturated carbocycles. The largest absolute Gasteiger partial charge is 0.221 e. The van der Waals surface area contributed by atoms with E-state index in [4.69, 9.17) is 5.26 Å². The summed E-state index contributed by atoms with van der Waals surface area (Å²) in [6.45, 7) is 2.66. The molecular formula is C7H16O3. The van der Waals surface area contributed by atoms with Crippen molar-refractivity contribution in [3.8, 4) is 0 Å².